The maximum absolute atomic E-state index is 12.0. The second-order valence-corrected chi connectivity index (χ2v) is 7.73. The number of para-hydroxylation sites is 1. The van der Waals surface area contributed by atoms with Gasteiger partial charge in [-0.2, -0.15) is 0 Å². The number of esters is 1. The van der Waals surface area contributed by atoms with Crippen LogP contribution in [0.1, 0.15) is 43.0 Å². The molecule has 3 rings (SSSR count). The molecule has 1 aliphatic rings. The van der Waals surface area contributed by atoms with Crippen molar-refractivity contribution in [1.29, 1.82) is 0 Å². The van der Waals surface area contributed by atoms with E-state index >= 15 is 0 Å². The molecule has 0 aromatic heterocycles. The van der Waals surface area contributed by atoms with E-state index < -0.39 is 5.60 Å². The zero-order valence-corrected chi connectivity index (χ0v) is 18.0. The summed E-state index contributed by atoms with van der Waals surface area (Å²) in [5.74, 6) is 0.368. The van der Waals surface area contributed by atoms with Crippen LogP contribution < -0.4 is 10.5 Å². The lowest BCUT2D eigenvalue weighted by Gasteiger charge is -2.29. The van der Waals surface area contributed by atoms with Crippen LogP contribution in [0.4, 0.5) is 0 Å². The van der Waals surface area contributed by atoms with Crippen LogP contribution in [0.15, 0.2) is 59.9 Å². The summed E-state index contributed by atoms with van der Waals surface area (Å²) in [6.45, 7) is 8.31. The van der Waals surface area contributed by atoms with Crippen LogP contribution in [-0.4, -0.2) is 23.3 Å². The van der Waals surface area contributed by atoms with Crippen LogP contribution in [0.3, 0.4) is 0 Å². The zero-order valence-electron chi connectivity index (χ0n) is 18.0. The van der Waals surface area contributed by atoms with Crippen LogP contribution in [0.25, 0.3) is 5.57 Å². The van der Waals surface area contributed by atoms with Gasteiger partial charge in [0.2, 0.25) is 0 Å². The average molecular weight is 408 g/mol. The van der Waals surface area contributed by atoms with E-state index in [1.807, 2.05) is 63.2 Å². The fourth-order valence-electron chi connectivity index (χ4n) is 3.69. The van der Waals surface area contributed by atoms with Gasteiger partial charge in [0.1, 0.15) is 11.5 Å². The maximum Gasteiger partial charge on any atom is 0.310 e. The van der Waals surface area contributed by atoms with Crippen molar-refractivity contribution in [2.75, 3.05) is 6.61 Å². The molecule has 1 atom stereocenters. The third-order valence-corrected chi connectivity index (χ3v) is 5.43. The van der Waals surface area contributed by atoms with E-state index in [0.29, 0.717) is 24.5 Å². The van der Waals surface area contributed by atoms with Crippen molar-refractivity contribution in [2.24, 2.45) is 5.73 Å². The summed E-state index contributed by atoms with van der Waals surface area (Å²) in [5.41, 5.74) is 10.1. The Morgan fingerprint density at radius 1 is 1.17 bits per heavy atom. The lowest BCUT2D eigenvalue weighted by atomic mass is 9.97. The Balaban J connectivity index is 1.97. The summed E-state index contributed by atoms with van der Waals surface area (Å²) in [6, 6.07) is 13.4. The molecule has 0 fully saturated rings. The second kappa shape index (κ2) is 8.76. The minimum atomic E-state index is -1.03. The number of aryl methyl sites for hydroxylation is 1. The van der Waals surface area contributed by atoms with Gasteiger partial charge in [-0.15, -0.1) is 0 Å². The Bertz CT molecular complexity index is 1020. The number of rotatable bonds is 7. The van der Waals surface area contributed by atoms with Crippen molar-refractivity contribution in [3.63, 3.8) is 0 Å². The molecule has 1 unspecified atom stereocenters. The van der Waals surface area contributed by atoms with Crippen molar-refractivity contribution in [2.45, 2.75) is 46.3 Å². The van der Waals surface area contributed by atoms with E-state index in [1.54, 1.807) is 13.0 Å². The van der Waals surface area contributed by atoms with E-state index in [2.05, 4.69) is 0 Å². The van der Waals surface area contributed by atoms with E-state index in [0.717, 1.165) is 27.8 Å². The first-order valence-electron chi connectivity index (χ1n) is 10.1. The molecule has 5 heteroatoms. The lowest BCUT2D eigenvalue weighted by Crippen LogP contribution is -2.34. The maximum atomic E-state index is 12.0. The summed E-state index contributed by atoms with van der Waals surface area (Å²) in [7, 11) is 0. The predicted octanol–water partition coefficient (Wildman–Crippen LogP) is 4.63. The van der Waals surface area contributed by atoms with E-state index in [9.17, 15) is 9.90 Å². The number of allylic oxidation sites excluding steroid dienone is 2. The molecule has 1 aliphatic carbocycles. The SMILES string of the molecule is CCOC(=O)Cc1ccccc1OC1(C)C(C)=CC(c2cc(C)cc(CN)c2)=C1O. The fourth-order valence-corrected chi connectivity index (χ4v) is 3.69. The first-order valence-corrected chi connectivity index (χ1v) is 10.1. The first kappa shape index (κ1) is 21.7. The van der Waals surface area contributed by atoms with Gasteiger partial charge in [-0.1, -0.05) is 35.9 Å². The number of ether oxygens (including phenoxy) is 2. The Kier molecular flexibility index (Phi) is 6.32. The number of aliphatic hydroxyl groups excluding tert-OH is 1. The number of carbonyl (C=O) groups excluding carboxylic acids is 1. The summed E-state index contributed by atoms with van der Waals surface area (Å²) in [4.78, 5) is 12.0. The van der Waals surface area contributed by atoms with Gasteiger partial charge in [-0.25, -0.2) is 0 Å². The number of benzene rings is 2. The third-order valence-electron chi connectivity index (χ3n) is 5.43. The van der Waals surface area contributed by atoms with Gasteiger partial charge in [0.25, 0.3) is 0 Å². The van der Waals surface area contributed by atoms with Gasteiger partial charge in [0, 0.05) is 17.7 Å². The molecule has 0 amide bonds. The summed E-state index contributed by atoms with van der Waals surface area (Å²) in [5, 5.41) is 11.2. The van der Waals surface area contributed by atoms with E-state index in [-0.39, 0.29) is 18.1 Å². The molecular formula is C25H29NO4. The monoisotopic (exact) mass is 407 g/mol. The van der Waals surface area contributed by atoms with Crippen molar-refractivity contribution >= 4 is 11.5 Å². The average Bonchev–Trinajstić information content (AvgIpc) is 2.93. The highest BCUT2D eigenvalue weighted by Gasteiger charge is 2.41. The summed E-state index contributed by atoms with van der Waals surface area (Å²) < 4.78 is 11.4. The molecule has 30 heavy (non-hydrogen) atoms. The molecule has 0 spiro atoms. The molecule has 2 aromatic rings. The first-order chi connectivity index (χ1) is 14.3. The number of aliphatic hydroxyl groups is 1. The fraction of sp³-hybridized carbons (Fsp3) is 0.320. The van der Waals surface area contributed by atoms with Gasteiger partial charge >= 0.3 is 5.97 Å². The van der Waals surface area contributed by atoms with Gasteiger partial charge in [-0.3, -0.25) is 4.79 Å². The van der Waals surface area contributed by atoms with Crippen LogP contribution in [0, 0.1) is 6.92 Å². The molecule has 2 aromatic carbocycles. The molecule has 0 radical (unpaired) electrons. The third kappa shape index (κ3) is 4.26. The molecule has 158 valence electrons. The standard InChI is InChI=1S/C25H29NO4/c1-5-29-23(27)14-19-8-6-7-9-22(19)30-25(4)17(3)12-21(24(25)28)20-11-16(2)10-18(13-20)15-26/h6-13,28H,5,14-15,26H2,1-4H3. The van der Waals surface area contributed by atoms with Crippen molar-refractivity contribution in [3.8, 4) is 5.75 Å². The summed E-state index contributed by atoms with van der Waals surface area (Å²) in [6.07, 6.45) is 2.05. The minimum absolute atomic E-state index is 0.109. The largest absolute Gasteiger partial charge is 0.507 e. The van der Waals surface area contributed by atoms with Crippen molar-refractivity contribution < 1.29 is 19.4 Å². The highest BCUT2D eigenvalue weighted by molar-refractivity contribution is 5.82. The molecule has 0 saturated heterocycles. The van der Waals surface area contributed by atoms with Crippen molar-refractivity contribution in [3.05, 3.63) is 82.1 Å². The van der Waals surface area contributed by atoms with Gasteiger partial charge in [-0.05, 0) is 62.6 Å². The quantitative estimate of drug-likeness (QED) is 0.654. The molecular weight excluding hydrogens is 378 g/mol. The number of hydrogen-bond donors (Lipinski definition) is 2. The Morgan fingerprint density at radius 2 is 1.90 bits per heavy atom. The predicted molar refractivity (Wildman–Crippen MR) is 118 cm³/mol. The zero-order chi connectivity index (χ0) is 21.9. The highest BCUT2D eigenvalue weighted by Crippen LogP contribution is 2.42. The molecule has 0 saturated carbocycles. The smallest absolute Gasteiger partial charge is 0.310 e. The highest BCUT2D eigenvalue weighted by atomic mass is 16.5. The van der Waals surface area contributed by atoms with Crippen LogP contribution in [0.2, 0.25) is 0 Å². The van der Waals surface area contributed by atoms with Gasteiger partial charge in [0.15, 0.2) is 5.60 Å². The van der Waals surface area contributed by atoms with Crippen LogP contribution >= 0.6 is 0 Å². The Morgan fingerprint density at radius 3 is 2.60 bits per heavy atom. The lowest BCUT2D eigenvalue weighted by molar-refractivity contribution is -0.142. The van der Waals surface area contributed by atoms with E-state index in [4.69, 9.17) is 15.2 Å². The molecule has 3 N–H and O–H groups in total. The molecule has 0 bridgehead atoms. The topological polar surface area (TPSA) is 81.8 Å². The Hall–Kier alpha value is -3.05. The normalized spacial score (nSPS) is 18.4. The molecule has 0 aliphatic heterocycles. The van der Waals surface area contributed by atoms with Gasteiger partial charge < -0.3 is 20.3 Å². The second-order valence-electron chi connectivity index (χ2n) is 7.73. The number of hydrogen-bond acceptors (Lipinski definition) is 5. The van der Waals surface area contributed by atoms with Crippen LogP contribution in [-0.2, 0) is 22.5 Å². The van der Waals surface area contributed by atoms with Crippen LogP contribution in [0.5, 0.6) is 5.75 Å². The summed E-state index contributed by atoms with van der Waals surface area (Å²) >= 11 is 0. The molecule has 5 nitrogen and oxygen atoms in total. The minimum Gasteiger partial charge on any atom is -0.507 e. The molecule has 0 heterocycles. The van der Waals surface area contributed by atoms with E-state index in [1.165, 1.54) is 0 Å². The van der Waals surface area contributed by atoms with Crippen molar-refractivity contribution in [1.82, 2.24) is 0 Å². The number of carbonyl (C=O) groups is 1. The van der Waals surface area contributed by atoms with Gasteiger partial charge in [0.05, 0.1) is 13.0 Å². The Labute approximate surface area is 177 Å². The number of nitrogens with two attached hydrogens (primary N) is 1.